The summed E-state index contributed by atoms with van der Waals surface area (Å²) in [4.78, 5) is 8.56. The van der Waals surface area contributed by atoms with Gasteiger partial charge >= 0.3 is 0 Å². The Hall–Kier alpha value is -2.69. The second-order valence-corrected chi connectivity index (χ2v) is 4.06. The fraction of sp³-hybridized carbons (Fsp3) is 0.0714. The van der Waals surface area contributed by atoms with Crippen molar-refractivity contribution < 1.29 is 0 Å². The monoisotopic (exact) mass is 251 g/mol. The van der Waals surface area contributed by atoms with Crippen LogP contribution in [0.2, 0.25) is 0 Å². The molecule has 0 unspecified atom stereocenters. The molecule has 0 atom stereocenters. The van der Waals surface area contributed by atoms with E-state index in [1.165, 1.54) is 5.56 Å². The third kappa shape index (κ3) is 2.77. The summed E-state index contributed by atoms with van der Waals surface area (Å²) in [6.07, 6.45) is 1.72. The summed E-state index contributed by atoms with van der Waals surface area (Å²) in [5, 5.41) is 10.2. The number of hydrogen-bond donors (Lipinski definition) is 2. The summed E-state index contributed by atoms with van der Waals surface area (Å²) < 4.78 is 0. The number of H-pyrrole nitrogens is 1. The Morgan fingerprint density at radius 3 is 2.63 bits per heavy atom. The van der Waals surface area contributed by atoms with E-state index in [4.69, 9.17) is 0 Å². The Morgan fingerprint density at radius 1 is 1.00 bits per heavy atom. The fourth-order valence-corrected chi connectivity index (χ4v) is 1.73. The van der Waals surface area contributed by atoms with E-state index >= 15 is 0 Å². The van der Waals surface area contributed by atoms with Crippen molar-refractivity contribution in [3.05, 3.63) is 60.3 Å². The SMILES string of the molecule is c1ccc(CNc2nc(-c3ccccn3)n[nH]2)cc1. The molecule has 0 amide bonds. The number of aromatic amines is 1. The first-order valence-corrected chi connectivity index (χ1v) is 6.03. The third-order valence-electron chi connectivity index (χ3n) is 2.68. The molecule has 3 aromatic rings. The lowest BCUT2D eigenvalue weighted by molar-refractivity contribution is 1.04. The third-order valence-corrected chi connectivity index (χ3v) is 2.68. The van der Waals surface area contributed by atoms with E-state index in [0.29, 0.717) is 18.3 Å². The molecule has 0 saturated carbocycles. The van der Waals surface area contributed by atoms with Gasteiger partial charge in [0.2, 0.25) is 11.8 Å². The second-order valence-electron chi connectivity index (χ2n) is 4.06. The van der Waals surface area contributed by atoms with Crippen LogP contribution in [-0.2, 0) is 6.54 Å². The topological polar surface area (TPSA) is 66.5 Å². The zero-order valence-corrected chi connectivity index (χ0v) is 10.2. The molecule has 19 heavy (non-hydrogen) atoms. The van der Waals surface area contributed by atoms with Gasteiger partial charge in [-0.05, 0) is 17.7 Å². The molecule has 0 radical (unpaired) electrons. The molecule has 0 aliphatic carbocycles. The zero-order chi connectivity index (χ0) is 12.9. The van der Waals surface area contributed by atoms with Crippen LogP contribution in [0, 0.1) is 0 Å². The molecule has 2 heterocycles. The highest BCUT2D eigenvalue weighted by molar-refractivity contribution is 5.50. The first-order chi connectivity index (χ1) is 9.42. The Bertz CT molecular complexity index is 633. The normalized spacial score (nSPS) is 10.3. The van der Waals surface area contributed by atoms with Gasteiger partial charge in [0, 0.05) is 12.7 Å². The van der Waals surface area contributed by atoms with Gasteiger partial charge in [0.25, 0.3) is 0 Å². The van der Waals surface area contributed by atoms with Crippen LogP contribution in [0.15, 0.2) is 54.7 Å². The van der Waals surface area contributed by atoms with Crippen LogP contribution in [0.25, 0.3) is 11.5 Å². The number of hydrogen-bond acceptors (Lipinski definition) is 4. The van der Waals surface area contributed by atoms with Crippen molar-refractivity contribution in [2.45, 2.75) is 6.54 Å². The van der Waals surface area contributed by atoms with Crippen molar-refractivity contribution in [2.75, 3.05) is 5.32 Å². The van der Waals surface area contributed by atoms with Crippen LogP contribution in [-0.4, -0.2) is 20.2 Å². The number of pyridine rings is 1. The predicted octanol–water partition coefficient (Wildman–Crippen LogP) is 2.48. The van der Waals surface area contributed by atoms with Gasteiger partial charge in [0.05, 0.1) is 0 Å². The molecule has 1 aromatic carbocycles. The number of nitrogens with zero attached hydrogens (tertiary/aromatic N) is 3. The van der Waals surface area contributed by atoms with Gasteiger partial charge in [-0.15, -0.1) is 0 Å². The first kappa shape index (κ1) is 11.4. The Balaban J connectivity index is 1.69. The molecule has 5 heteroatoms. The Kier molecular flexibility index (Phi) is 3.18. The largest absolute Gasteiger partial charge is 0.351 e. The zero-order valence-electron chi connectivity index (χ0n) is 10.2. The molecular weight excluding hydrogens is 238 g/mol. The molecule has 94 valence electrons. The highest BCUT2D eigenvalue weighted by Crippen LogP contribution is 2.12. The van der Waals surface area contributed by atoms with Crippen molar-refractivity contribution in [3.63, 3.8) is 0 Å². The van der Waals surface area contributed by atoms with Gasteiger partial charge in [-0.2, -0.15) is 10.1 Å². The molecule has 5 nitrogen and oxygen atoms in total. The summed E-state index contributed by atoms with van der Waals surface area (Å²) >= 11 is 0. The summed E-state index contributed by atoms with van der Waals surface area (Å²) in [6, 6.07) is 15.8. The Labute approximate surface area is 110 Å². The lowest BCUT2D eigenvalue weighted by Gasteiger charge is -2.01. The second kappa shape index (κ2) is 5.30. The minimum atomic E-state index is 0.594. The van der Waals surface area contributed by atoms with Crippen molar-refractivity contribution in [2.24, 2.45) is 0 Å². The van der Waals surface area contributed by atoms with Crippen molar-refractivity contribution >= 4 is 5.95 Å². The van der Waals surface area contributed by atoms with Gasteiger partial charge in [0.1, 0.15) is 5.69 Å². The summed E-state index contributed by atoms with van der Waals surface area (Å²) in [6.45, 7) is 0.706. The summed E-state index contributed by atoms with van der Waals surface area (Å²) in [5.41, 5.74) is 1.95. The molecule has 2 aromatic heterocycles. The summed E-state index contributed by atoms with van der Waals surface area (Å²) in [7, 11) is 0. The van der Waals surface area contributed by atoms with Gasteiger partial charge < -0.3 is 5.32 Å². The van der Waals surface area contributed by atoms with E-state index in [1.54, 1.807) is 6.20 Å². The van der Waals surface area contributed by atoms with E-state index in [0.717, 1.165) is 5.69 Å². The minimum Gasteiger partial charge on any atom is -0.351 e. The minimum absolute atomic E-state index is 0.594. The molecule has 3 rings (SSSR count). The number of rotatable bonds is 4. The maximum Gasteiger partial charge on any atom is 0.219 e. The van der Waals surface area contributed by atoms with E-state index in [-0.39, 0.29) is 0 Å². The van der Waals surface area contributed by atoms with Gasteiger partial charge in [0.15, 0.2) is 0 Å². The maximum absolute atomic E-state index is 4.36. The average molecular weight is 251 g/mol. The maximum atomic E-state index is 4.36. The molecule has 2 N–H and O–H groups in total. The number of anilines is 1. The molecule has 0 aliphatic rings. The number of nitrogens with one attached hydrogen (secondary N) is 2. The van der Waals surface area contributed by atoms with Crippen LogP contribution in [0.4, 0.5) is 5.95 Å². The first-order valence-electron chi connectivity index (χ1n) is 6.03. The molecule has 0 saturated heterocycles. The van der Waals surface area contributed by atoms with Crippen molar-refractivity contribution in [1.82, 2.24) is 20.2 Å². The van der Waals surface area contributed by atoms with Gasteiger partial charge in [-0.1, -0.05) is 36.4 Å². The lowest BCUT2D eigenvalue weighted by atomic mass is 10.2. The van der Waals surface area contributed by atoms with Crippen LogP contribution in [0.5, 0.6) is 0 Å². The van der Waals surface area contributed by atoms with E-state index in [2.05, 4.69) is 37.6 Å². The van der Waals surface area contributed by atoms with E-state index < -0.39 is 0 Å². The van der Waals surface area contributed by atoms with Crippen LogP contribution >= 0.6 is 0 Å². The molecular formula is C14H13N5. The van der Waals surface area contributed by atoms with Crippen molar-refractivity contribution in [3.8, 4) is 11.5 Å². The molecule has 0 spiro atoms. The summed E-state index contributed by atoms with van der Waals surface area (Å²) in [5.74, 6) is 1.24. The highest BCUT2D eigenvalue weighted by Gasteiger charge is 2.05. The lowest BCUT2D eigenvalue weighted by Crippen LogP contribution is -2.00. The van der Waals surface area contributed by atoms with Crippen molar-refractivity contribution in [1.29, 1.82) is 0 Å². The van der Waals surface area contributed by atoms with Crippen LogP contribution < -0.4 is 5.32 Å². The van der Waals surface area contributed by atoms with Gasteiger partial charge in [-0.3, -0.25) is 4.98 Å². The quantitative estimate of drug-likeness (QED) is 0.747. The Morgan fingerprint density at radius 2 is 1.84 bits per heavy atom. The molecule has 0 bridgehead atoms. The van der Waals surface area contributed by atoms with E-state index in [9.17, 15) is 0 Å². The van der Waals surface area contributed by atoms with E-state index in [1.807, 2.05) is 36.4 Å². The van der Waals surface area contributed by atoms with Crippen LogP contribution in [0.1, 0.15) is 5.56 Å². The highest BCUT2D eigenvalue weighted by atomic mass is 15.3. The standard InChI is InChI=1S/C14H13N5/c1-2-6-11(7-3-1)10-16-14-17-13(18-19-14)12-8-4-5-9-15-12/h1-9H,10H2,(H2,16,17,18,19). The average Bonchev–Trinajstić information content (AvgIpc) is 2.96. The molecule has 0 aliphatic heterocycles. The number of aromatic nitrogens is 4. The fourth-order valence-electron chi connectivity index (χ4n) is 1.73. The predicted molar refractivity (Wildman–Crippen MR) is 73.4 cm³/mol. The van der Waals surface area contributed by atoms with Gasteiger partial charge in [-0.25, -0.2) is 5.10 Å². The number of benzene rings is 1. The smallest absolute Gasteiger partial charge is 0.219 e. The molecule has 0 fully saturated rings. The van der Waals surface area contributed by atoms with Crippen LogP contribution in [0.3, 0.4) is 0 Å².